The van der Waals surface area contributed by atoms with Crippen LogP contribution in [0.2, 0.25) is 0 Å². The van der Waals surface area contributed by atoms with Crippen molar-refractivity contribution < 1.29 is 24.0 Å². The summed E-state index contributed by atoms with van der Waals surface area (Å²) in [6.07, 6.45) is 1.26. The van der Waals surface area contributed by atoms with Crippen LogP contribution in [0.1, 0.15) is 28.8 Å². The second-order valence-electron chi connectivity index (χ2n) is 5.54. The van der Waals surface area contributed by atoms with Crippen LogP contribution in [0.25, 0.3) is 0 Å². The molecule has 1 atom stereocenters. The van der Waals surface area contributed by atoms with Crippen molar-refractivity contribution in [2.24, 2.45) is 0 Å². The average molecular weight is 369 g/mol. The number of hydrogen-bond donors (Lipinski definition) is 0. The van der Waals surface area contributed by atoms with Crippen LogP contribution in [0.4, 0.5) is 0 Å². The summed E-state index contributed by atoms with van der Waals surface area (Å²) in [4.78, 5) is 35.1. The van der Waals surface area contributed by atoms with Crippen LogP contribution in [0, 0.1) is 10.1 Å². The minimum atomic E-state index is -0.855. The number of benzene rings is 2. The lowest BCUT2D eigenvalue weighted by Gasteiger charge is -2.13. The normalized spacial score (nSPS) is 12.1. The van der Waals surface area contributed by atoms with Gasteiger partial charge in [-0.2, -0.15) is 0 Å². The lowest BCUT2D eigenvalue weighted by Crippen LogP contribution is -2.18. The molecule has 0 aromatic heterocycles. The molecule has 0 unspecified atom stereocenters. The van der Waals surface area contributed by atoms with Crippen LogP contribution in [-0.4, -0.2) is 30.0 Å². The third-order valence-corrected chi connectivity index (χ3v) is 3.61. The Kier molecular flexibility index (Phi) is 7.25. The maximum absolute atomic E-state index is 12.3. The standard InChI is InChI=1S/C20H19NO6/c1-2-26-20(23)18(27-19(22)16-11-7-4-8-12-16)13-17(14-21(24)25)15-9-5-3-6-10-15/h3-13,17H,2,14H2,1H3/b18-13-/t17-/m0/s1. The van der Waals surface area contributed by atoms with Crippen LogP contribution < -0.4 is 0 Å². The van der Waals surface area contributed by atoms with Crippen LogP contribution in [0.3, 0.4) is 0 Å². The number of hydrogen-bond acceptors (Lipinski definition) is 6. The highest BCUT2D eigenvalue weighted by Gasteiger charge is 2.23. The van der Waals surface area contributed by atoms with Gasteiger partial charge in [0, 0.05) is 4.92 Å². The minimum absolute atomic E-state index is 0.0737. The SMILES string of the molecule is CCOC(=O)/C(=C/[C@@H](C[N+](=O)[O-])c1ccccc1)OC(=O)c1ccccc1. The molecule has 2 aromatic rings. The number of esters is 2. The van der Waals surface area contributed by atoms with E-state index in [4.69, 9.17) is 9.47 Å². The van der Waals surface area contributed by atoms with Crippen molar-refractivity contribution in [3.8, 4) is 0 Å². The zero-order valence-corrected chi connectivity index (χ0v) is 14.7. The molecule has 0 aliphatic rings. The summed E-state index contributed by atoms with van der Waals surface area (Å²) < 4.78 is 10.1. The fourth-order valence-electron chi connectivity index (χ4n) is 2.38. The Morgan fingerprint density at radius 1 is 1.07 bits per heavy atom. The van der Waals surface area contributed by atoms with E-state index in [-0.39, 0.29) is 17.9 Å². The summed E-state index contributed by atoms with van der Waals surface area (Å²) in [5.41, 5.74) is 0.866. The van der Waals surface area contributed by atoms with Gasteiger partial charge in [0.15, 0.2) is 0 Å². The molecule has 27 heavy (non-hydrogen) atoms. The molecule has 0 aliphatic carbocycles. The first-order valence-electron chi connectivity index (χ1n) is 8.34. The van der Waals surface area contributed by atoms with Gasteiger partial charge in [-0.3, -0.25) is 10.1 Å². The number of nitro groups is 1. The second-order valence-corrected chi connectivity index (χ2v) is 5.54. The molecule has 0 spiro atoms. The quantitative estimate of drug-likeness (QED) is 0.233. The highest BCUT2D eigenvalue weighted by molar-refractivity contribution is 5.95. The molecule has 0 bridgehead atoms. The molecule has 0 aliphatic heterocycles. The summed E-state index contributed by atoms with van der Waals surface area (Å²) in [5, 5.41) is 11.1. The molecule has 2 aromatic carbocycles. The smallest absolute Gasteiger partial charge is 0.374 e. The third-order valence-electron chi connectivity index (χ3n) is 3.61. The van der Waals surface area contributed by atoms with Crippen molar-refractivity contribution in [3.05, 3.63) is 93.7 Å². The first-order valence-corrected chi connectivity index (χ1v) is 8.34. The van der Waals surface area contributed by atoms with Gasteiger partial charge < -0.3 is 9.47 Å². The van der Waals surface area contributed by atoms with E-state index in [0.29, 0.717) is 5.56 Å². The van der Waals surface area contributed by atoms with Crippen molar-refractivity contribution in [1.82, 2.24) is 0 Å². The summed E-state index contributed by atoms with van der Waals surface area (Å²) in [5.74, 6) is -2.74. The Bertz CT molecular complexity index is 817. The van der Waals surface area contributed by atoms with Gasteiger partial charge in [0.1, 0.15) is 0 Å². The molecule has 0 radical (unpaired) electrons. The largest absolute Gasteiger partial charge is 0.460 e. The van der Waals surface area contributed by atoms with Crippen LogP contribution in [0.5, 0.6) is 0 Å². The lowest BCUT2D eigenvalue weighted by atomic mass is 9.98. The number of nitrogens with zero attached hydrogens (tertiary/aromatic N) is 1. The van der Waals surface area contributed by atoms with Gasteiger partial charge in [-0.1, -0.05) is 48.5 Å². The Hall–Kier alpha value is -3.48. The van der Waals surface area contributed by atoms with Gasteiger partial charge in [0.05, 0.1) is 18.1 Å². The molecule has 0 amide bonds. The molecule has 7 nitrogen and oxygen atoms in total. The average Bonchev–Trinajstić information content (AvgIpc) is 2.68. The predicted molar refractivity (Wildman–Crippen MR) is 97.6 cm³/mol. The fourth-order valence-corrected chi connectivity index (χ4v) is 2.38. The van der Waals surface area contributed by atoms with Gasteiger partial charge in [-0.15, -0.1) is 0 Å². The molecular weight excluding hydrogens is 350 g/mol. The number of carbonyl (C=O) groups excluding carboxylic acids is 2. The molecule has 0 N–H and O–H groups in total. The van der Waals surface area contributed by atoms with Gasteiger partial charge in [0.25, 0.3) is 0 Å². The van der Waals surface area contributed by atoms with E-state index in [9.17, 15) is 19.7 Å². The maximum Gasteiger partial charge on any atom is 0.374 e. The topological polar surface area (TPSA) is 95.7 Å². The zero-order chi connectivity index (χ0) is 19.6. The zero-order valence-electron chi connectivity index (χ0n) is 14.7. The van der Waals surface area contributed by atoms with E-state index in [2.05, 4.69) is 0 Å². The molecular formula is C20H19NO6. The lowest BCUT2D eigenvalue weighted by molar-refractivity contribution is -0.481. The van der Waals surface area contributed by atoms with Crippen LogP contribution >= 0.6 is 0 Å². The van der Waals surface area contributed by atoms with Gasteiger partial charge >= 0.3 is 11.9 Å². The maximum atomic E-state index is 12.3. The van der Waals surface area contributed by atoms with E-state index in [0.717, 1.165) is 0 Å². The highest BCUT2D eigenvalue weighted by atomic mass is 16.6. The second kappa shape index (κ2) is 9.86. The predicted octanol–water partition coefficient (Wildman–Crippen LogP) is 3.35. The van der Waals surface area contributed by atoms with E-state index in [1.165, 1.54) is 18.2 Å². The molecule has 140 valence electrons. The molecule has 0 heterocycles. The van der Waals surface area contributed by atoms with E-state index in [1.54, 1.807) is 55.5 Å². The van der Waals surface area contributed by atoms with E-state index >= 15 is 0 Å². The molecule has 0 fully saturated rings. The van der Waals surface area contributed by atoms with Gasteiger partial charge in [-0.05, 0) is 30.7 Å². The first-order chi connectivity index (χ1) is 13.0. The first kappa shape index (κ1) is 19.8. The fraction of sp³-hybridized carbons (Fsp3) is 0.200. The van der Waals surface area contributed by atoms with Crippen molar-refractivity contribution in [1.29, 1.82) is 0 Å². The van der Waals surface area contributed by atoms with Crippen LogP contribution in [-0.2, 0) is 14.3 Å². The van der Waals surface area contributed by atoms with Crippen LogP contribution in [0.15, 0.2) is 72.5 Å². The summed E-state index contributed by atoms with van der Waals surface area (Å²) >= 11 is 0. The van der Waals surface area contributed by atoms with Crippen molar-refractivity contribution in [2.45, 2.75) is 12.8 Å². The molecule has 0 saturated heterocycles. The Balaban J connectivity index is 2.35. The summed E-state index contributed by atoms with van der Waals surface area (Å²) in [6.45, 7) is 1.22. The van der Waals surface area contributed by atoms with Crippen molar-refractivity contribution >= 4 is 11.9 Å². The van der Waals surface area contributed by atoms with Gasteiger partial charge in [0.2, 0.25) is 12.3 Å². The van der Waals surface area contributed by atoms with Crippen molar-refractivity contribution in [2.75, 3.05) is 13.2 Å². The Morgan fingerprint density at radius 2 is 1.67 bits per heavy atom. The Morgan fingerprint density at radius 3 is 2.22 bits per heavy atom. The number of carbonyl (C=O) groups is 2. The van der Waals surface area contributed by atoms with Gasteiger partial charge in [-0.25, -0.2) is 9.59 Å². The Labute approximate surface area is 156 Å². The number of ether oxygens (including phenoxy) is 2. The van der Waals surface area contributed by atoms with Crippen molar-refractivity contribution in [3.63, 3.8) is 0 Å². The molecule has 2 rings (SSSR count). The number of rotatable bonds is 8. The third kappa shape index (κ3) is 6.07. The highest BCUT2D eigenvalue weighted by Crippen LogP contribution is 2.21. The minimum Gasteiger partial charge on any atom is -0.460 e. The molecule has 7 heteroatoms. The summed E-state index contributed by atoms with van der Waals surface area (Å²) in [6, 6.07) is 16.8. The summed E-state index contributed by atoms with van der Waals surface area (Å²) in [7, 11) is 0. The van der Waals surface area contributed by atoms with E-state index in [1.807, 2.05) is 0 Å². The van der Waals surface area contributed by atoms with E-state index < -0.39 is 29.3 Å². The monoisotopic (exact) mass is 369 g/mol. The molecule has 0 saturated carbocycles.